The second-order valence-electron chi connectivity index (χ2n) is 3.54. The van der Waals surface area contributed by atoms with Gasteiger partial charge in [-0.3, -0.25) is 0 Å². The van der Waals surface area contributed by atoms with Gasteiger partial charge in [-0.05, 0) is 19.1 Å². The highest BCUT2D eigenvalue weighted by atomic mass is 32.2. The van der Waals surface area contributed by atoms with E-state index in [4.69, 9.17) is 4.74 Å². The maximum atomic E-state index is 12.6. The number of ether oxygens (including phenoxy) is 1. The van der Waals surface area contributed by atoms with Crippen molar-refractivity contribution in [1.82, 2.24) is 4.98 Å². The first kappa shape index (κ1) is 11.6. The molecule has 0 aliphatic heterocycles. The van der Waals surface area contributed by atoms with Crippen molar-refractivity contribution in [3.8, 4) is 5.75 Å². The number of hydrogen-bond donors (Lipinski definition) is 0. The van der Waals surface area contributed by atoms with Crippen LogP contribution < -0.4 is 4.74 Å². The Bertz CT molecular complexity index is 390. The van der Waals surface area contributed by atoms with Gasteiger partial charge in [0.15, 0.2) is 0 Å². The van der Waals surface area contributed by atoms with Crippen molar-refractivity contribution in [3.63, 3.8) is 0 Å². The molecule has 16 heavy (non-hydrogen) atoms. The quantitative estimate of drug-likeness (QED) is 0.767. The standard InChI is InChI=1S/C10H10F3NOS/c1-16-9-4-8(15-6-2-3-6)7(5-14-9)10(11,12)13/h4-6H,2-3H2,1H3. The maximum Gasteiger partial charge on any atom is 0.421 e. The third kappa shape index (κ3) is 2.61. The average molecular weight is 249 g/mol. The molecule has 88 valence electrons. The Kier molecular flexibility index (Phi) is 3.01. The van der Waals surface area contributed by atoms with Crippen LogP contribution in [-0.2, 0) is 6.18 Å². The summed E-state index contributed by atoms with van der Waals surface area (Å²) < 4.78 is 43.1. The molecule has 1 fully saturated rings. The molecule has 1 saturated carbocycles. The maximum absolute atomic E-state index is 12.6. The van der Waals surface area contributed by atoms with Crippen LogP contribution in [-0.4, -0.2) is 17.3 Å². The van der Waals surface area contributed by atoms with Crippen LogP contribution in [0.25, 0.3) is 0 Å². The molecule has 0 aromatic carbocycles. The van der Waals surface area contributed by atoms with Gasteiger partial charge in [-0.1, -0.05) is 0 Å². The lowest BCUT2D eigenvalue weighted by atomic mass is 10.2. The molecule has 1 aliphatic rings. The third-order valence-electron chi connectivity index (χ3n) is 2.17. The number of pyridine rings is 1. The Labute approximate surface area is 95.2 Å². The molecule has 1 aromatic heterocycles. The highest BCUT2D eigenvalue weighted by Crippen LogP contribution is 2.39. The lowest BCUT2D eigenvalue weighted by Gasteiger charge is -2.13. The first-order valence-electron chi connectivity index (χ1n) is 4.78. The van der Waals surface area contributed by atoms with Crippen molar-refractivity contribution in [1.29, 1.82) is 0 Å². The molecule has 0 radical (unpaired) electrons. The summed E-state index contributed by atoms with van der Waals surface area (Å²) >= 11 is 1.29. The van der Waals surface area contributed by atoms with E-state index in [1.54, 1.807) is 6.26 Å². The fourth-order valence-electron chi connectivity index (χ4n) is 1.21. The summed E-state index contributed by atoms with van der Waals surface area (Å²) in [5.41, 5.74) is -0.794. The summed E-state index contributed by atoms with van der Waals surface area (Å²) in [6, 6.07) is 1.35. The summed E-state index contributed by atoms with van der Waals surface area (Å²) in [5, 5.41) is 0.531. The molecule has 0 saturated heterocycles. The molecule has 0 spiro atoms. The smallest absolute Gasteiger partial charge is 0.421 e. The van der Waals surface area contributed by atoms with Crippen LogP contribution in [0.15, 0.2) is 17.3 Å². The van der Waals surface area contributed by atoms with Crippen LogP contribution in [0.2, 0.25) is 0 Å². The molecule has 0 atom stereocenters. The summed E-state index contributed by atoms with van der Waals surface area (Å²) in [6.45, 7) is 0. The number of thioether (sulfide) groups is 1. The molecular formula is C10H10F3NOS. The van der Waals surface area contributed by atoms with E-state index >= 15 is 0 Å². The van der Waals surface area contributed by atoms with Crippen LogP contribution in [0, 0.1) is 0 Å². The molecule has 0 N–H and O–H groups in total. The summed E-state index contributed by atoms with van der Waals surface area (Å²) in [4.78, 5) is 3.71. The second-order valence-corrected chi connectivity index (χ2v) is 4.36. The predicted molar refractivity (Wildman–Crippen MR) is 54.7 cm³/mol. The molecule has 0 unspecified atom stereocenters. The van der Waals surface area contributed by atoms with Gasteiger partial charge in [0.25, 0.3) is 0 Å². The van der Waals surface area contributed by atoms with E-state index < -0.39 is 11.7 Å². The van der Waals surface area contributed by atoms with Gasteiger partial charge in [-0.2, -0.15) is 13.2 Å². The van der Waals surface area contributed by atoms with Gasteiger partial charge in [0, 0.05) is 12.3 Å². The average Bonchev–Trinajstić information content (AvgIpc) is 3.00. The minimum Gasteiger partial charge on any atom is -0.490 e. The number of hydrogen-bond acceptors (Lipinski definition) is 3. The van der Waals surface area contributed by atoms with Crippen LogP contribution in [0.1, 0.15) is 18.4 Å². The van der Waals surface area contributed by atoms with Gasteiger partial charge >= 0.3 is 6.18 Å². The van der Waals surface area contributed by atoms with Gasteiger partial charge in [0.1, 0.15) is 11.3 Å². The van der Waals surface area contributed by atoms with Gasteiger partial charge in [0.05, 0.1) is 11.1 Å². The van der Waals surface area contributed by atoms with Crippen molar-refractivity contribution in [3.05, 3.63) is 17.8 Å². The van der Waals surface area contributed by atoms with Gasteiger partial charge in [-0.15, -0.1) is 11.8 Å². The van der Waals surface area contributed by atoms with E-state index in [0.717, 1.165) is 19.0 Å². The summed E-state index contributed by atoms with van der Waals surface area (Å²) in [5.74, 6) is -0.102. The van der Waals surface area contributed by atoms with Gasteiger partial charge in [-0.25, -0.2) is 4.98 Å². The zero-order valence-electron chi connectivity index (χ0n) is 8.54. The SMILES string of the molecule is CSc1cc(OC2CC2)c(C(F)(F)F)cn1. The topological polar surface area (TPSA) is 22.1 Å². The second kappa shape index (κ2) is 4.16. The Morgan fingerprint density at radius 2 is 2.12 bits per heavy atom. The lowest BCUT2D eigenvalue weighted by Crippen LogP contribution is -2.10. The lowest BCUT2D eigenvalue weighted by molar-refractivity contribution is -0.139. The Hall–Kier alpha value is -0.910. The third-order valence-corrected chi connectivity index (χ3v) is 2.82. The summed E-state index contributed by atoms with van der Waals surface area (Å²) in [7, 11) is 0. The largest absolute Gasteiger partial charge is 0.490 e. The summed E-state index contributed by atoms with van der Waals surface area (Å²) in [6.07, 6.45) is -0.213. The van der Waals surface area contributed by atoms with E-state index in [9.17, 15) is 13.2 Å². The molecule has 2 nitrogen and oxygen atoms in total. The fraction of sp³-hybridized carbons (Fsp3) is 0.500. The Balaban J connectivity index is 2.33. The number of aromatic nitrogens is 1. The monoisotopic (exact) mass is 249 g/mol. The van der Waals surface area contributed by atoms with Gasteiger partial charge in [0.2, 0.25) is 0 Å². The minimum absolute atomic E-state index is 0.0572. The van der Waals surface area contributed by atoms with E-state index in [2.05, 4.69) is 4.98 Å². The highest BCUT2D eigenvalue weighted by molar-refractivity contribution is 7.98. The molecule has 1 heterocycles. The molecule has 6 heteroatoms. The zero-order chi connectivity index (χ0) is 11.8. The minimum atomic E-state index is -4.41. The van der Waals surface area contributed by atoms with E-state index in [0.29, 0.717) is 5.03 Å². The van der Waals surface area contributed by atoms with E-state index in [1.165, 1.54) is 17.8 Å². The normalized spacial score (nSPS) is 16.2. The molecule has 2 rings (SSSR count). The van der Waals surface area contributed by atoms with Crippen LogP contribution >= 0.6 is 11.8 Å². The predicted octanol–water partition coefficient (Wildman–Crippen LogP) is 3.36. The first-order valence-corrected chi connectivity index (χ1v) is 6.01. The zero-order valence-corrected chi connectivity index (χ0v) is 9.36. The van der Waals surface area contributed by atoms with E-state index in [-0.39, 0.29) is 11.9 Å². The molecule has 0 bridgehead atoms. The van der Waals surface area contributed by atoms with Crippen molar-refractivity contribution < 1.29 is 17.9 Å². The van der Waals surface area contributed by atoms with Crippen LogP contribution in [0.5, 0.6) is 5.75 Å². The highest BCUT2D eigenvalue weighted by Gasteiger charge is 2.37. The fourth-order valence-corrected chi connectivity index (χ4v) is 1.59. The number of alkyl halides is 3. The van der Waals surface area contributed by atoms with Crippen molar-refractivity contribution in [2.75, 3.05) is 6.26 Å². The van der Waals surface area contributed by atoms with Crippen molar-refractivity contribution in [2.45, 2.75) is 30.1 Å². The van der Waals surface area contributed by atoms with Gasteiger partial charge < -0.3 is 4.74 Å². The van der Waals surface area contributed by atoms with Crippen molar-refractivity contribution in [2.24, 2.45) is 0 Å². The first-order chi connectivity index (χ1) is 7.50. The molecule has 1 aliphatic carbocycles. The molecular weight excluding hydrogens is 239 g/mol. The van der Waals surface area contributed by atoms with Crippen molar-refractivity contribution >= 4 is 11.8 Å². The number of rotatable bonds is 3. The molecule has 0 amide bonds. The Morgan fingerprint density at radius 3 is 2.62 bits per heavy atom. The van der Waals surface area contributed by atoms with Crippen LogP contribution in [0.3, 0.4) is 0 Å². The number of nitrogens with zero attached hydrogens (tertiary/aromatic N) is 1. The van der Waals surface area contributed by atoms with E-state index in [1.807, 2.05) is 0 Å². The molecule has 1 aromatic rings. The Morgan fingerprint density at radius 1 is 1.44 bits per heavy atom. The number of halogens is 3. The van der Waals surface area contributed by atoms with Crippen LogP contribution in [0.4, 0.5) is 13.2 Å².